The highest BCUT2D eigenvalue weighted by Crippen LogP contribution is 2.31. The van der Waals surface area contributed by atoms with Crippen LogP contribution in [0.5, 0.6) is 0 Å². The summed E-state index contributed by atoms with van der Waals surface area (Å²) in [6.45, 7) is -1.14. The van der Waals surface area contributed by atoms with Gasteiger partial charge in [-0.15, -0.1) is 11.8 Å². The number of hydrogen-bond donors (Lipinski definition) is 5. The molecule has 2 amide bonds. The summed E-state index contributed by atoms with van der Waals surface area (Å²) in [6, 6.07) is 0.718. The molecule has 0 spiro atoms. The molecule has 200 valence electrons. The second-order valence-electron chi connectivity index (χ2n) is 7.05. The second kappa shape index (κ2) is 15.6. The smallest absolute Gasteiger partial charge is 0.338 e. The van der Waals surface area contributed by atoms with Crippen LogP contribution in [0.3, 0.4) is 0 Å². The Morgan fingerprint density at radius 1 is 1.22 bits per heavy atom. The van der Waals surface area contributed by atoms with E-state index in [0.29, 0.717) is 0 Å². The minimum atomic E-state index is -1.39. The molecule has 0 unspecified atom stereocenters. The van der Waals surface area contributed by atoms with E-state index in [2.05, 4.69) is 20.7 Å². The minimum absolute atomic E-state index is 0.0103. The van der Waals surface area contributed by atoms with E-state index in [0.717, 1.165) is 17.8 Å². The Morgan fingerprint density at radius 2 is 1.92 bits per heavy atom. The molecule has 1 rings (SSSR count). The molecule has 6 N–H and O–H groups in total. The predicted octanol–water partition coefficient (Wildman–Crippen LogP) is 0.0317. The number of carboxylic acid groups (broad SMARTS) is 2. The average molecular weight is 541 g/mol. The zero-order valence-electron chi connectivity index (χ0n) is 19.1. The fraction of sp³-hybridized carbons (Fsp3) is 0.421. The molecule has 18 heteroatoms. The van der Waals surface area contributed by atoms with Crippen LogP contribution in [0.25, 0.3) is 10.4 Å². The van der Waals surface area contributed by atoms with Crippen molar-refractivity contribution in [3.8, 4) is 0 Å². The van der Waals surface area contributed by atoms with Gasteiger partial charge in [-0.3, -0.25) is 29.3 Å². The van der Waals surface area contributed by atoms with E-state index in [1.807, 2.05) is 0 Å². The van der Waals surface area contributed by atoms with E-state index in [1.165, 1.54) is 12.1 Å². The number of azide groups is 1. The Hall–Kier alpha value is -4.41. The van der Waals surface area contributed by atoms with E-state index in [9.17, 15) is 34.1 Å². The number of thioether (sulfide) groups is 1. The molecule has 37 heavy (non-hydrogen) atoms. The standard InChI is InChI=1S/C19H23N7O10S/c20-11(2-4-15(27)28)17(31)24-12(18(32)22-8-16(29)30)9-37-14-3-1-10(7-13(14)26(34)35)19(33)36-6-5-23-25-21/h1,3,7,11-12H,2,4-6,8-9,20H2,(H,22,32)(H,24,31)(H,27,28)(H,29,30)/t11-,12-/m0/s1. The summed E-state index contributed by atoms with van der Waals surface area (Å²) in [5.74, 6) is -5.56. The van der Waals surface area contributed by atoms with Crippen LogP contribution in [-0.2, 0) is 23.9 Å². The van der Waals surface area contributed by atoms with Gasteiger partial charge in [0.15, 0.2) is 0 Å². The van der Waals surface area contributed by atoms with E-state index in [1.54, 1.807) is 0 Å². The zero-order valence-corrected chi connectivity index (χ0v) is 19.9. The molecular formula is C19H23N7O10S. The van der Waals surface area contributed by atoms with Gasteiger partial charge in [0.2, 0.25) is 11.8 Å². The van der Waals surface area contributed by atoms with Gasteiger partial charge in [0.1, 0.15) is 12.6 Å². The Kier molecular flexibility index (Phi) is 12.9. The SMILES string of the molecule is [N-]=[N+]=NCCOC(=O)c1ccc(SC[C@H](NC(=O)[C@@H](N)CCC(=O)O)C(=O)NCC(=O)O)c([N+](=O)[O-])c1. The maximum absolute atomic E-state index is 12.4. The zero-order chi connectivity index (χ0) is 28.0. The fourth-order valence-electron chi connectivity index (χ4n) is 2.55. The number of rotatable bonds is 16. The molecule has 0 bridgehead atoms. The van der Waals surface area contributed by atoms with Gasteiger partial charge in [0.25, 0.3) is 5.69 Å². The third kappa shape index (κ3) is 11.2. The number of nitrogens with two attached hydrogens (primary N) is 1. The van der Waals surface area contributed by atoms with E-state index in [4.69, 9.17) is 26.2 Å². The summed E-state index contributed by atoms with van der Waals surface area (Å²) in [5, 5.41) is 36.6. The van der Waals surface area contributed by atoms with Crippen LogP contribution in [0.15, 0.2) is 28.2 Å². The first-order valence-electron chi connectivity index (χ1n) is 10.3. The van der Waals surface area contributed by atoms with Crippen LogP contribution < -0.4 is 16.4 Å². The molecule has 0 aliphatic rings. The minimum Gasteiger partial charge on any atom is -0.481 e. The number of esters is 1. The molecular weight excluding hydrogens is 518 g/mol. The van der Waals surface area contributed by atoms with Crippen molar-refractivity contribution < 1.29 is 43.8 Å². The molecule has 1 aromatic carbocycles. The van der Waals surface area contributed by atoms with Crippen molar-refractivity contribution >= 4 is 47.2 Å². The first-order valence-corrected chi connectivity index (χ1v) is 11.3. The van der Waals surface area contributed by atoms with E-state index >= 15 is 0 Å². The van der Waals surface area contributed by atoms with Gasteiger partial charge in [-0.05, 0) is 24.1 Å². The molecule has 0 aliphatic heterocycles. The molecule has 0 radical (unpaired) electrons. The molecule has 0 saturated carbocycles. The van der Waals surface area contributed by atoms with Gasteiger partial charge in [0, 0.05) is 23.2 Å². The number of carbonyl (C=O) groups excluding carboxylic acids is 3. The maximum Gasteiger partial charge on any atom is 0.338 e. The van der Waals surface area contributed by atoms with Crippen molar-refractivity contribution in [1.29, 1.82) is 0 Å². The highest BCUT2D eigenvalue weighted by atomic mass is 32.2. The van der Waals surface area contributed by atoms with Gasteiger partial charge < -0.3 is 31.3 Å². The van der Waals surface area contributed by atoms with Crippen molar-refractivity contribution in [1.82, 2.24) is 10.6 Å². The fourth-order valence-corrected chi connectivity index (χ4v) is 3.57. The molecule has 0 fully saturated rings. The normalized spacial score (nSPS) is 11.8. The molecule has 0 saturated heterocycles. The molecule has 0 aromatic heterocycles. The van der Waals surface area contributed by atoms with Crippen molar-refractivity contribution in [2.45, 2.75) is 29.8 Å². The Labute approximate surface area is 212 Å². The topological polar surface area (TPSA) is 277 Å². The Morgan fingerprint density at radius 3 is 2.51 bits per heavy atom. The number of nitro groups is 1. The quantitative estimate of drug-likeness (QED) is 0.0271. The molecule has 2 atom stereocenters. The van der Waals surface area contributed by atoms with Crippen molar-refractivity contribution in [3.63, 3.8) is 0 Å². The third-order valence-corrected chi connectivity index (χ3v) is 5.49. The van der Waals surface area contributed by atoms with Gasteiger partial charge in [0.05, 0.1) is 34.6 Å². The first-order chi connectivity index (χ1) is 17.5. The molecule has 0 heterocycles. The van der Waals surface area contributed by atoms with Crippen LogP contribution >= 0.6 is 11.8 Å². The molecule has 17 nitrogen and oxygen atoms in total. The number of carbonyl (C=O) groups is 5. The van der Waals surface area contributed by atoms with Gasteiger partial charge in [-0.2, -0.15) is 0 Å². The van der Waals surface area contributed by atoms with Crippen molar-refractivity contribution in [3.05, 3.63) is 44.3 Å². The van der Waals surface area contributed by atoms with Crippen LogP contribution in [0, 0.1) is 10.1 Å². The van der Waals surface area contributed by atoms with Gasteiger partial charge >= 0.3 is 17.9 Å². The second-order valence-corrected chi connectivity index (χ2v) is 8.11. The number of carboxylic acids is 2. The third-order valence-electron chi connectivity index (χ3n) is 4.34. The van der Waals surface area contributed by atoms with Crippen LogP contribution in [0.4, 0.5) is 5.69 Å². The average Bonchev–Trinajstić information content (AvgIpc) is 2.85. The number of amides is 2. The Bertz CT molecular complexity index is 1090. The summed E-state index contributed by atoms with van der Waals surface area (Å²) in [6.07, 6.45) is -0.643. The summed E-state index contributed by atoms with van der Waals surface area (Å²) in [4.78, 5) is 71.6. The maximum atomic E-state index is 12.4. The summed E-state index contributed by atoms with van der Waals surface area (Å²) in [7, 11) is 0. The predicted molar refractivity (Wildman–Crippen MR) is 126 cm³/mol. The van der Waals surface area contributed by atoms with Gasteiger partial charge in [-0.1, -0.05) is 5.11 Å². The highest BCUT2D eigenvalue weighted by Gasteiger charge is 2.26. The first kappa shape index (κ1) is 30.6. The number of hydrogen-bond acceptors (Lipinski definition) is 11. The lowest BCUT2D eigenvalue weighted by Crippen LogP contribution is -2.53. The number of nitro benzene ring substituents is 1. The lowest BCUT2D eigenvalue weighted by atomic mass is 10.1. The Balaban J connectivity index is 3.02. The molecule has 0 aliphatic carbocycles. The van der Waals surface area contributed by atoms with Crippen LogP contribution in [0.2, 0.25) is 0 Å². The summed E-state index contributed by atoms with van der Waals surface area (Å²) in [5.41, 5.74) is 13.2. The van der Waals surface area contributed by atoms with E-state index in [-0.39, 0.29) is 35.8 Å². The number of nitrogens with zero attached hydrogens (tertiary/aromatic N) is 4. The summed E-state index contributed by atoms with van der Waals surface area (Å²) >= 11 is 0.756. The van der Waals surface area contributed by atoms with Crippen molar-refractivity contribution in [2.24, 2.45) is 10.8 Å². The number of nitrogens with one attached hydrogen (secondary N) is 2. The highest BCUT2D eigenvalue weighted by molar-refractivity contribution is 7.99. The van der Waals surface area contributed by atoms with Crippen LogP contribution in [0.1, 0.15) is 23.2 Å². The number of benzene rings is 1. The largest absolute Gasteiger partial charge is 0.481 e. The van der Waals surface area contributed by atoms with E-state index < -0.39 is 65.4 Å². The number of aliphatic carboxylic acids is 2. The monoisotopic (exact) mass is 541 g/mol. The molecule has 1 aromatic rings. The van der Waals surface area contributed by atoms with Crippen LogP contribution in [-0.4, -0.2) is 82.4 Å². The summed E-state index contributed by atoms with van der Waals surface area (Å²) < 4.78 is 4.85. The lowest BCUT2D eigenvalue weighted by molar-refractivity contribution is -0.387. The van der Waals surface area contributed by atoms with Gasteiger partial charge in [-0.25, -0.2) is 4.79 Å². The number of ether oxygens (including phenoxy) is 1. The van der Waals surface area contributed by atoms with Crippen molar-refractivity contribution in [2.75, 3.05) is 25.4 Å². The lowest BCUT2D eigenvalue weighted by Gasteiger charge is -2.20.